The molecule has 1 aromatic heterocycles. The Morgan fingerprint density at radius 3 is 2.55 bits per heavy atom. The predicted octanol–water partition coefficient (Wildman–Crippen LogP) is 0.741. The van der Waals surface area contributed by atoms with Crippen molar-refractivity contribution in [2.45, 2.75) is 13.8 Å². The summed E-state index contributed by atoms with van der Waals surface area (Å²) in [5, 5.41) is 0. The summed E-state index contributed by atoms with van der Waals surface area (Å²) in [7, 11) is 0. The largest absolute Gasteiger partial charge is 0.465 e. The van der Waals surface area contributed by atoms with E-state index in [1.807, 2.05) is 0 Å². The summed E-state index contributed by atoms with van der Waals surface area (Å²) < 4.78 is 4.82. The van der Waals surface area contributed by atoms with Crippen LogP contribution < -0.4 is 5.73 Å². The summed E-state index contributed by atoms with van der Waals surface area (Å²) in [6, 6.07) is 3.16. The lowest BCUT2D eigenvalue weighted by molar-refractivity contribution is -0.143. The number of carbonyl (C=O) groups excluding carboxylic acids is 2. The topological polar surface area (TPSA) is 85.5 Å². The first kappa shape index (κ1) is 16.0. The van der Waals surface area contributed by atoms with Crippen molar-refractivity contribution in [2.75, 3.05) is 19.7 Å². The van der Waals surface area contributed by atoms with Crippen molar-refractivity contribution in [3.8, 4) is 0 Å². The Kier molecular flexibility index (Phi) is 6.05. The van der Waals surface area contributed by atoms with Crippen LogP contribution in [0.15, 0.2) is 18.3 Å². The Hall–Kier alpha value is -2.02. The summed E-state index contributed by atoms with van der Waals surface area (Å²) in [5.41, 5.74) is 6.28. The lowest BCUT2D eigenvalue weighted by atomic mass is 10.2. The lowest BCUT2D eigenvalue weighted by Crippen LogP contribution is -2.36. The maximum atomic E-state index is 12.2. The summed E-state index contributed by atoms with van der Waals surface area (Å²) in [6.07, 6.45) is 1.44. The number of rotatable bonds is 6. The number of esters is 1. The van der Waals surface area contributed by atoms with Crippen LogP contribution in [0.3, 0.4) is 0 Å². The minimum absolute atomic E-state index is 0.0953. The Morgan fingerprint density at radius 1 is 1.40 bits per heavy atom. The number of likely N-dealkylation sites (N-methyl/N-ethyl adjacent to an activating group) is 1. The van der Waals surface area contributed by atoms with E-state index in [0.29, 0.717) is 12.1 Å². The van der Waals surface area contributed by atoms with Crippen LogP contribution in [0.1, 0.15) is 29.9 Å². The number of nitrogens with zero attached hydrogens (tertiary/aromatic N) is 2. The zero-order chi connectivity index (χ0) is 15.1. The molecule has 1 amide bonds. The number of hydrogen-bond acceptors (Lipinski definition) is 5. The molecule has 1 heterocycles. The molecule has 0 radical (unpaired) electrons. The van der Waals surface area contributed by atoms with Crippen LogP contribution in [-0.2, 0) is 9.53 Å². The fourth-order valence-electron chi connectivity index (χ4n) is 1.52. The molecule has 20 heavy (non-hydrogen) atoms. The average Bonchev–Trinajstić information content (AvgIpc) is 2.44. The fourth-order valence-corrected chi connectivity index (χ4v) is 1.64. The van der Waals surface area contributed by atoms with Gasteiger partial charge in [-0.2, -0.15) is 0 Å². The smallest absolute Gasteiger partial charge is 0.325 e. The SMILES string of the molecule is CCOC(=O)CN(CC)C(=O)c1ccc(C(N)=S)cn1. The molecule has 6 nitrogen and oxygen atoms in total. The second-order valence-electron chi connectivity index (χ2n) is 3.92. The normalized spacial score (nSPS) is 9.90. The van der Waals surface area contributed by atoms with E-state index in [0.717, 1.165) is 0 Å². The molecule has 2 N–H and O–H groups in total. The van der Waals surface area contributed by atoms with Gasteiger partial charge in [0.2, 0.25) is 0 Å². The van der Waals surface area contributed by atoms with Crippen LogP contribution in [0.25, 0.3) is 0 Å². The Bertz CT molecular complexity index is 502. The zero-order valence-electron chi connectivity index (χ0n) is 11.5. The quantitative estimate of drug-likeness (QED) is 0.615. The summed E-state index contributed by atoms with van der Waals surface area (Å²) in [6.45, 7) is 4.07. The third-order valence-corrected chi connectivity index (χ3v) is 2.80. The molecule has 7 heteroatoms. The Labute approximate surface area is 122 Å². The van der Waals surface area contributed by atoms with Crippen LogP contribution in [0, 0.1) is 0 Å². The number of carbonyl (C=O) groups is 2. The highest BCUT2D eigenvalue weighted by Gasteiger charge is 2.19. The van der Waals surface area contributed by atoms with Gasteiger partial charge in [-0.1, -0.05) is 12.2 Å². The average molecular weight is 295 g/mol. The van der Waals surface area contributed by atoms with Crippen LogP contribution >= 0.6 is 12.2 Å². The van der Waals surface area contributed by atoms with Gasteiger partial charge in [0.05, 0.1) is 6.61 Å². The Balaban J connectivity index is 2.80. The number of aromatic nitrogens is 1. The molecule has 0 atom stereocenters. The highest BCUT2D eigenvalue weighted by atomic mass is 32.1. The fraction of sp³-hybridized carbons (Fsp3) is 0.385. The molecular formula is C13H17N3O3S. The van der Waals surface area contributed by atoms with E-state index < -0.39 is 5.97 Å². The van der Waals surface area contributed by atoms with Gasteiger partial charge in [-0.25, -0.2) is 0 Å². The van der Waals surface area contributed by atoms with Crippen molar-refractivity contribution in [1.29, 1.82) is 0 Å². The first-order valence-corrected chi connectivity index (χ1v) is 6.61. The monoisotopic (exact) mass is 295 g/mol. The van der Waals surface area contributed by atoms with Gasteiger partial charge >= 0.3 is 5.97 Å². The van der Waals surface area contributed by atoms with Crippen molar-refractivity contribution in [3.63, 3.8) is 0 Å². The molecule has 0 unspecified atom stereocenters. The number of amides is 1. The molecule has 1 rings (SSSR count). The maximum absolute atomic E-state index is 12.2. The van der Waals surface area contributed by atoms with Crippen LogP contribution in [0.4, 0.5) is 0 Å². The zero-order valence-corrected chi connectivity index (χ0v) is 12.3. The number of ether oxygens (including phenoxy) is 1. The van der Waals surface area contributed by atoms with Crippen molar-refractivity contribution in [3.05, 3.63) is 29.6 Å². The predicted molar refractivity (Wildman–Crippen MR) is 78.3 cm³/mol. The van der Waals surface area contributed by atoms with Gasteiger partial charge in [-0.15, -0.1) is 0 Å². The van der Waals surface area contributed by atoms with Gasteiger partial charge in [-0.3, -0.25) is 14.6 Å². The lowest BCUT2D eigenvalue weighted by Gasteiger charge is -2.19. The van der Waals surface area contributed by atoms with Gasteiger partial charge in [0.15, 0.2) is 0 Å². The van der Waals surface area contributed by atoms with Gasteiger partial charge in [0, 0.05) is 18.3 Å². The van der Waals surface area contributed by atoms with Gasteiger partial charge in [0.1, 0.15) is 17.2 Å². The third kappa shape index (κ3) is 4.27. The highest BCUT2D eigenvalue weighted by Crippen LogP contribution is 2.05. The first-order valence-electron chi connectivity index (χ1n) is 6.20. The molecule has 0 aliphatic carbocycles. The molecular weight excluding hydrogens is 278 g/mol. The standard InChI is InChI=1S/C13H17N3O3S/c1-3-16(8-11(17)19-4-2)13(18)10-6-5-9(7-15-10)12(14)20/h5-7H,3-4,8H2,1-2H3,(H2,14,20). The van der Waals surface area contributed by atoms with E-state index in [1.165, 1.54) is 17.2 Å². The van der Waals surface area contributed by atoms with Crippen molar-refractivity contribution < 1.29 is 14.3 Å². The minimum Gasteiger partial charge on any atom is -0.465 e. The molecule has 0 spiro atoms. The van der Waals surface area contributed by atoms with E-state index in [9.17, 15) is 9.59 Å². The molecule has 0 saturated heterocycles. The van der Waals surface area contributed by atoms with E-state index in [2.05, 4.69) is 4.98 Å². The van der Waals surface area contributed by atoms with Crippen LogP contribution in [0.5, 0.6) is 0 Å². The number of nitrogens with two attached hydrogens (primary N) is 1. The van der Waals surface area contributed by atoms with Crippen molar-refractivity contribution in [1.82, 2.24) is 9.88 Å². The maximum Gasteiger partial charge on any atom is 0.325 e. The minimum atomic E-state index is -0.442. The van der Waals surface area contributed by atoms with Crippen LogP contribution in [0.2, 0.25) is 0 Å². The van der Waals surface area contributed by atoms with E-state index in [1.54, 1.807) is 19.9 Å². The van der Waals surface area contributed by atoms with E-state index >= 15 is 0 Å². The molecule has 0 bridgehead atoms. The van der Waals surface area contributed by atoms with Gasteiger partial charge < -0.3 is 15.4 Å². The van der Waals surface area contributed by atoms with E-state index in [-0.39, 0.29) is 29.7 Å². The van der Waals surface area contributed by atoms with Crippen LogP contribution in [-0.4, -0.2) is 46.4 Å². The second kappa shape index (κ2) is 7.54. The first-order chi connectivity index (χ1) is 9.49. The number of hydrogen-bond donors (Lipinski definition) is 1. The summed E-state index contributed by atoms with van der Waals surface area (Å²) in [5.74, 6) is -0.780. The molecule has 1 aromatic rings. The third-order valence-electron chi connectivity index (χ3n) is 2.56. The highest BCUT2D eigenvalue weighted by molar-refractivity contribution is 7.80. The number of thiocarbonyl (C=S) groups is 1. The summed E-state index contributed by atoms with van der Waals surface area (Å²) in [4.78, 5) is 29.2. The van der Waals surface area contributed by atoms with Gasteiger partial charge in [-0.05, 0) is 26.0 Å². The van der Waals surface area contributed by atoms with Gasteiger partial charge in [0.25, 0.3) is 5.91 Å². The molecule has 0 aliphatic rings. The van der Waals surface area contributed by atoms with Crippen molar-refractivity contribution >= 4 is 29.1 Å². The van der Waals surface area contributed by atoms with E-state index in [4.69, 9.17) is 22.7 Å². The second-order valence-corrected chi connectivity index (χ2v) is 4.36. The van der Waals surface area contributed by atoms with Crippen molar-refractivity contribution in [2.24, 2.45) is 5.73 Å². The molecule has 0 aromatic carbocycles. The summed E-state index contributed by atoms with van der Waals surface area (Å²) >= 11 is 4.81. The number of pyridine rings is 1. The molecule has 108 valence electrons. The molecule has 0 fully saturated rings. The Morgan fingerprint density at radius 2 is 2.10 bits per heavy atom. The molecule has 0 aliphatic heterocycles. The molecule has 0 saturated carbocycles.